The Labute approximate surface area is 321 Å². The van der Waals surface area contributed by atoms with Gasteiger partial charge in [-0.05, 0) is 75.9 Å². The van der Waals surface area contributed by atoms with E-state index in [1.54, 1.807) is 0 Å². The average molecular weight is 741 g/mol. The summed E-state index contributed by atoms with van der Waals surface area (Å²) in [6.45, 7) is 8.80. The van der Waals surface area contributed by atoms with E-state index in [4.69, 9.17) is 11.6 Å². The number of carbonyl (C=O) groups is 2. The monoisotopic (exact) mass is 740 g/mol. The standard InChI is InChI=1S/C22H28N2O2.C13H20N2O.C9H9ClO/c1-17-7-8-22(19(13-17)16-25)23-20-9-11-24(12-10-20)15-21(26)14-18-5-3-2-4-6-18;1-10-2-3-13(11(8-10)9-16)15-12-4-6-14-7-5-12;10-7-9(11)6-8-4-2-1-3-5-8/h2-8,13,20,23,25H,9-12,14-16H2,1H3;2-3,8,12,14-16H,4-7,9H2,1H3;1-5H,6-7H2. The first kappa shape index (κ1) is 41.7. The van der Waals surface area contributed by atoms with Crippen molar-refractivity contribution < 1.29 is 19.8 Å². The molecule has 0 aromatic heterocycles. The Morgan fingerprint density at radius 2 is 1.13 bits per heavy atom. The van der Waals surface area contributed by atoms with Crippen LogP contribution in [0.25, 0.3) is 0 Å². The molecule has 5 N–H and O–H groups in total. The fourth-order valence-electron chi connectivity index (χ4n) is 6.63. The number of hydrogen-bond acceptors (Lipinski definition) is 8. The quantitative estimate of drug-likeness (QED) is 0.0946. The molecule has 9 heteroatoms. The number of benzene rings is 4. The van der Waals surface area contributed by atoms with Crippen molar-refractivity contribution in [3.8, 4) is 0 Å². The number of nitrogens with one attached hydrogen (secondary N) is 3. The van der Waals surface area contributed by atoms with E-state index in [2.05, 4.69) is 45.1 Å². The zero-order valence-corrected chi connectivity index (χ0v) is 32.1. The van der Waals surface area contributed by atoms with Crippen LogP contribution in [-0.4, -0.2) is 77.4 Å². The Bertz CT molecular complexity index is 1670. The Hall–Kier alpha value is -4.05. The predicted molar refractivity (Wildman–Crippen MR) is 218 cm³/mol. The van der Waals surface area contributed by atoms with Crippen LogP contribution in [0, 0.1) is 13.8 Å². The lowest BCUT2D eigenvalue weighted by Crippen LogP contribution is -2.41. The van der Waals surface area contributed by atoms with Gasteiger partial charge in [0.05, 0.1) is 25.6 Å². The van der Waals surface area contributed by atoms with Crippen LogP contribution in [0.4, 0.5) is 11.4 Å². The van der Waals surface area contributed by atoms with Gasteiger partial charge in [0.2, 0.25) is 0 Å². The number of halogens is 1. The van der Waals surface area contributed by atoms with E-state index in [1.807, 2.05) is 86.6 Å². The number of nitrogens with zero attached hydrogens (tertiary/aromatic N) is 1. The first-order valence-corrected chi connectivity index (χ1v) is 19.3. The number of carbonyl (C=O) groups excluding carboxylic acids is 2. The highest BCUT2D eigenvalue weighted by Crippen LogP contribution is 2.23. The number of Topliss-reactive ketones (excluding diaryl/α,β-unsaturated/α-hetero) is 2. The van der Waals surface area contributed by atoms with Gasteiger partial charge in [0, 0.05) is 60.5 Å². The number of ketones is 2. The van der Waals surface area contributed by atoms with Crippen LogP contribution in [0.3, 0.4) is 0 Å². The fraction of sp³-hybridized carbons (Fsp3) is 0.409. The zero-order chi connectivity index (χ0) is 37.8. The average Bonchev–Trinajstić information content (AvgIpc) is 3.18. The molecule has 8 nitrogen and oxygen atoms in total. The second-order valence-electron chi connectivity index (χ2n) is 14.0. The van der Waals surface area contributed by atoms with E-state index < -0.39 is 0 Å². The second-order valence-corrected chi connectivity index (χ2v) is 14.3. The minimum atomic E-state index is 0.0524. The molecule has 0 saturated carbocycles. The van der Waals surface area contributed by atoms with Crippen molar-refractivity contribution >= 4 is 34.5 Å². The highest BCUT2D eigenvalue weighted by atomic mass is 35.5. The van der Waals surface area contributed by atoms with Crippen LogP contribution in [0.5, 0.6) is 0 Å². The first-order chi connectivity index (χ1) is 25.8. The maximum atomic E-state index is 12.3. The summed E-state index contributed by atoms with van der Waals surface area (Å²) in [5.41, 5.74) is 8.52. The van der Waals surface area contributed by atoms with E-state index in [1.165, 1.54) is 5.56 Å². The van der Waals surface area contributed by atoms with E-state index in [0.29, 0.717) is 31.5 Å². The molecule has 0 amide bonds. The smallest absolute Gasteiger partial charge is 0.151 e. The van der Waals surface area contributed by atoms with Crippen molar-refractivity contribution in [1.82, 2.24) is 10.2 Å². The number of anilines is 2. The number of aliphatic hydroxyl groups excluding tert-OH is 2. The summed E-state index contributed by atoms with van der Waals surface area (Å²) >= 11 is 5.35. The zero-order valence-electron chi connectivity index (χ0n) is 31.3. The van der Waals surface area contributed by atoms with Crippen LogP contribution >= 0.6 is 11.6 Å². The number of aryl methyl sites for hydroxylation is 2. The number of aliphatic hydroxyl groups is 2. The number of likely N-dealkylation sites (tertiary alicyclic amines) is 1. The molecule has 2 fully saturated rings. The van der Waals surface area contributed by atoms with E-state index in [-0.39, 0.29) is 30.7 Å². The van der Waals surface area contributed by atoms with Crippen molar-refractivity contribution in [2.75, 3.05) is 49.2 Å². The third kappa shape index (κ3) is 15.1. The summed E-state index contributed by atoms with van der Waals surface area (Å²) < 4.78 is 0. The van der Waals surface area contributed by atoms with Gasteiger partial charge < -0.3 is 26.2 Å². The number of piperidine rings is 2. The molecule has 0 unspecified atom stereocenters. The molecule has 4 aromatic rings. The number of alkyl halides is 1. The second kappa shape index (κ2) is 22.9. The van der Waals surface area contributed by atoms with Gasteiger partial charge in [-0.3, -0.25) is 14.5 Å². The maximum absolute atomic E-state index is 12.3. The topological polar surface area (TPSA) is 114 Å². The predicted octanol–water partition coefficient (Wildman–Crippen LogP) is 6.86. The molecular formula is C44H57ClN4O4. The lowest BCUT2D eigenvalue weighted by molar-refractivity contribution is -0.120. The maximum Gasteiger partial charge on any atom is 0.151 e. The highest BCUT2D eigenvalue weighted by Gasteiger charge is 2.21. The minimum Gasteiger partial charge on any atom is -0.392 e. The summed E-state index contributed by atoms with van der Waals surface area (Å²) in [5.74, 6) is 0.455. The molecule has 2 aliphatic rings. The Balaban J connectivity index is 0.000000197. The molecule has 0 aliphatic carbocycles. The van der Waals surface area contributed by atoms with Gasteiger partial charge >= 0.3 is 0 Å². The summed E-state index contributed by atoms with van der Waals surface area (Å²) in [4.78, 5) is 25.4. The molecular weight excluding hydrogens is 684 g/mol. The number of hydrogen-bond donors (Lipinski definition) is 5. The van der Waals surface area contributed by atoms with E-state index in [9.17, 15) is 19.8 Å². The summed E-state index contributed by atoms with van der Waals surface area (Å²) in [6.07, 6.45) is 5.29. The van der Waals surface area contributed by atoms with Crippen molar-refractivity contribution in [3.05, 3.63) is 130 Å². The molecule has 0 spiro atoms. The Morgan fingerprint density at radius 1 is 0.679 bits per heavy atom. The number of rotatable bonds is 13. The van der Waals surface area contributed by atoms with Gasteiger partial charge in [0.15, 0.2) is 11.6 Å². The Kier molecular flexibility index (Phi) is 18.0. The van der Waals surface area contributed by atoms with E-state index >= 15 is 0 Å². The van der Waals surface area contributed by atoms with Crippen molar-refractivity contribution in [2.45, 2.75) is 77.7 Å². The molecule has 0 bridgehead atoms. The van der Waals surface area contributed by atoms with E-state index in [0.717, 1.165) is 91.1 Å². The molecule has 4 aromatic carbocycles. The summed E-state index contributed by atoms with van der Waals surface area (Å²) in [5, 5.41) is 29.3. The molecule has 2 aliphatic heterocycles. The molecule has 0 radical (unpaired) electrons. The van der Waals surface area contributed by atoms with Crippen LogP contribution in [-0.2, 0) is 35.6 Å². The van der Waals surface area contributed by atoms with Crippen LogP contribution in [0.2, 0.25) is 0 Å². The van der Waals surface area contributed by atoms with Crippen molar-refractivity contribution in [2.24, 2.45) is 0 Å². The molecule has 2 saturated heterocycles. The van der Waals surface area contributed by atoms with Crippen LogP contribution < -0.4 is 16.0 Å². The minimum absolute atomic E-state index is 0.0524. The normalized spacial score (nSPS) is 15.0. The van der Waals surface area contributed by atoms with Crippen LogP contribution in [0.15, 0.2) is 97.1 Å². The molecule has 284 valence electrons. The Morgan fingerprint density at radius 3 is 1.58 bits per heavy atom. The van der Waals surface area contributed by atoms with Gasteiger partial charge in [0.1, 0.15) is 0 Å². The van der Waals surface area contributed by atoms with Crippen molar-refractivity contribution in [3.63, 3.8) is 0 Å². The summed E-state index contributed by atoms with van der Waals surface area (Å²) in [6, 6.07) is 32.8. The summed E-state index contributed by atoms with van der Waals surface area (Å²) in [7, 11) is 0. The van der Waals surface area contributed by atoms with Gasteiger partial charge in [-0.1, -0.05) is 96.1 Å². The third-order valence-corrected chi connectivity index (χ3v) is 9.84. The first-order valence-electron chi connectivity index (χ1n) is 18.8. The van der Waals surface area contributed by atoms with Gasteiger partial charge in [-0.2, -0.15) is 0 Å². The van der Waals surface area contributed by atoms with Gasteiger partial charge in [-0.25, -0.2) is 0 Å². The SMILES string of the molecule is Cc1ccc(NC2CCN(CC(=O)Cc3ccccc3)CC2)c(CO)c1.Cc1ccc(NC2CCNCC2)c(CO)c1.O=C(CCl)Cc1ccccc1. The highest BCUT2D eigenvalue weighted by molar-refractivity contribution is 6.27. The lowest BCUT2D eigenvalue weighted by Gasteiger charge is -2.32. The molecule has 0 atom stereocenters. The lowest BCUT2D eigenvalue weighted by atomic mass is 10.0. The molecule has 53 heavy (non-hydrogen) atoms. The van der Waals surface area contributed by atoms with Crippen LogP contribution in [0.1, 0.15) is 59.1 Å². The fourth-order valence-corrected chi connectivity index (χ4v) is 6.72. The largest absolute Gasteiger partial charge is 0.392 e. The third-order valence-electron chi connectivity index (χ3n) is 9.55. The van der Waals surface area contributed by atoms with Gasteiger partial charge in [-0.15, -0.1) is 11.6 Å². The molecule has 2 heterocycles. The van der Waals surface area contributed by atoms with Gasteiger partial charge in [0.25, 0.3) is 0 Å². The molecule has 6 rings (SSSR count). The van der Waals surface area contributed by atoms with Crippen molar-refractivity contribution in [1.29, 1.82) is 0 Å².